The maximum Gasteiger partial charge on any atom is 0.436 e. The topological polar surface area (TPSA) is 64.0 Å². The fraction of sp³-hybridized carbons (Fsp3) is 0.357. The lowest BCUT2D eigenvalue weighted by Gasteiger charge is -2.08. The van der Waals surface area contributed by atoms with E-state index in [1.165, 1.54) is 6.92 Å². The Morgan fingerprint density at radius 1 is 1.27 bits per heavy atom. The predicted octanol–water partition coefficient (Wildman–Crippen LogP) is 3.62. The number of hydrogen-bond donors (Lipinski definition) is 1. The van der Waals surface area contributed by atoms with Gasteiger partial charge in [-0.05, 0) is 41.4 Å². The molecular formula is C14H13BrF5N3O2S. The summed E-state index contributed by atoms with van der Waals surface area (Å²) in [7, 11) is -4.21. The molecule has 0 aliphatic heterocycles. The fourth-order valence-corrected chi connectivity index (χ4v) is 3.77. The zero-order chi connectivity index (χ0) is 19.7. The molecule has 1 aromatic heterocycles. The van der Waals surface area contributed by atoms with E-state index in [1.807, 2.05) is 0 Å². The molecule has 0 saturated carbocycles. The number of alkyl halides is 3. The Labute approximate surface area is 154 Å². The van der Waals surface area contributed by atoms with Crippen molar-refractivity contribution < 1.29 is 30.4 Å². The van der Waals surface area contributed by atoms with Crippen LogP contribution in [0.1, 0.15) is 17.8 Å². The highest BCUT2D eigenvalue weighted by molar-refractivity contribution is 9.10. The highest BCUT2D eigenvalue weighted by atomic mass is 79.9. The van der Waals surface area contributed by atoms with Gasteiger partial charge in [0, 0.05) is 19.2 Å². The van der Waals surface area contributed by atoms with Gasteiger partial charge in [-0.25, -0.2) is 21.9 Å². The normalized spacial score (nSPS) is 12.6. The number of nitrogens with one attached hydrogen (secondary N) is 1. The molecule has 12 heteroatoms. The first-order chi connectivity index (χ1) is 11.9. The van der Waals surface area contributed by atoms with Crippen molar-refractivity contribution in [1.29, 1.82) is 0 Å². The van der Waals surface area contributed by atoms with Gasteiger partial charge in [0.1, 0.15) is 16.5 Å². The number of aromatic nitrogens is 2. The van der Waals surface area contributed by atoms with Crippen molar-refractivity contribution in [2.24, 2.45) is 0 Å². The molecule has 5 nitrogen and oxygen atoms in total. The van der Waals surface area contributed by atoms with Crippen LogP contribution in [0.4, 0.5) is 22.0 Å². The third-order valence-corrected chi connectivity index (χ3v) is 5.87. The van der Waals surface area contributed by atoms with Crippen LogP contribution < -0.4 is 4.72 Å². The number of sulfonamides is 1. The molecule has 1 aromatic carbocycles. The molecule has 2 rings (SSSR count). The maximum absolute atomic E-state index is 13.5. The zero-order valence-electron chi connectivity index (χ0n) is 13.2. The number of benzene rings is 1. The van der Waals surface area contributed by atoms with E-state index in [-0.39, 0.29) is 29.7 Å². The van der Waals surface area contributed by atoms with Gasteiger partial charge in [0.25, 0.3) is 0 Å². The number of rotatable bonds is 6. The van der Waals surface area contributed by atoms with Gasteiger partial charge in [-0.3, -0.25) is 4.68 Å². The molecule has 0 amide bonds. The molecule has 144 valence electrons. The quantitative estimate of drug-likeness (QED) is 0.527. The highest BCUT2D eigenvalue weighted by Crippen LogP contribution is 2.35. The molecule has 0 bridgehead atoms. The second-order valence-corrected chi connectivity index (χ2v) is 7.82. The van der Waals surface area contributed by atoms with E-state index < -0.39 is 38.4 Å². The predicted molar refractivity (Wildman–Crippen MR) is 85.8 cm³/mol. The van der Waals surface area contributed by atoms with Crippen LogP contribution in [0.15, 0.2) is 27.6 Å². The van der Waals surface area contributed by atoms with Gasteiger partial charge < -0.3 is 0 Å². The van der Waals surface area contributed by atoms with Crippen molar-refractivity contribution in [3.05, 3.63) is 45.7 Å². The van der Waals surface area contributed by atoms with Crippen molar-refractivity contribution in [3.63, 3.8) is 0 Å². The van der Waals surface area contributed by atoms with Crippen LogP contribution in [0.5, 0.6) is 0 Å². The summed E-state index contributed by atoms with van der Waals surface area (Å²) in [4.78, 5) is -0.712. The lowest BCUT2D eigenvalue weighted by molar-refractivity contribution is -0.142. The number of nitrogens with zero attached hydrogens (tertiary/aromatic N) is 2. The Morgan fingerprint density at radius 3 is 2.46 bits per heavy atom. The first kappa shape index (κ1) is 20.8. The summed E-state index contributed by atoms with van der Waals surface area (Å²) in [5.41, 5.74) is -0.825. The summed E-state index contributed by atoms with van der Waals surface area (Å²) < 4.78 is 91.7. The second kappa shape index (κ2) is 7.61. The van der Waals surface area contributed by atoms with Gasteiger partial charge in [0.05, 0.1) is 10.2 Å². The lowest BCUT2D eigenvalue weighted by atomic mass is 10.3. The smallest absolute Gasteiger partial charge is 0.268 e. The van der Waals surface area contributed by atoms with Crippen LogP contribution in [0, 0.1) is 18.6 Å². The fourth-order valence-electron chi connectivity index (χ4n) is 2.13. The van der Waals surface area contributed by atoms with Gasteiger partial charge >= 0.3 is 6.18 Å². The molecule has 26 heavy (non-hydrogen) atoms. The van der Waals surface area contributed by atoms with Crippen LogP contribution in [-0.2, 0) is 22.7 Å². The third kappa shape index (κ3) is 4.60. The summed E-state index contributed by atoms with van der Waals surface area (Å²) in [6.45, 7) is 1.27. The van der Waals surface area contributed by atoms with Gasteiger partial charge in [-0.2, -0.15) is 18.3 Å². The molecule has 0 aliphatic rings. The summed E-state index contributed by atoms with van der Waals surface area (Å²) >= 11 is 2.83. The first-order valence-electron chi connectivity index (χ1n) is 7.18. The van der Waals surface area contributed by atoms with Crippen LogP contribution in [0.2, 0.25) is 0 Å². The molecule has 0 saturated heterocycles. The highest BCUT2D eigenvalue weighted by Gasteiger charge is 2.37. The van der Waals surface area contributed by atoms with Crippen LogP contribution in [0.25, 0.3) is 0 Å². The average Bonchev–Trinajstić information content (AvgIpc) is 2.79. The van der Waals surface area contributed by atoms with Crippen LogP contribution in [0.3, 0.4) is 0 Å². The van der Waals surface area contributed by atoms with Gasteiger partial charge in [0.2, 0.25) is 10.0 Å². The molecule has 2 aromatic rings. The standard InChI is InChI=1S/C14H13BrF5N3O2S/c1-8-12(15)13(14(18,19)20)22-23(8)6-2-5-21-26(24,25)11-4-3-9(16)7-10(11)17/h3-4,7,21H,2,5-6H2,1H3. The average molecular weight is 462 g/mol. The number of aryl methyl sites for hydroxylation is 1. The molecule has 0 fully saturated rings. The van der Waals surface area contributed by atoms with Crippen LogP contribution in [-0.4, -0.2) is 24.7 Å². The lowest BCUT2D eigenvalue weighted by Crippen LogP contribution is -2.26. The Bertz CT molecular complexity index is 912. The van der Waals surface area contributed by atoms with Crippen molar-refractivity contribution in [2.45, 2.75) is 31.0 Å². The monoisotopic (exact) mass is 461 g/mol. The molecule has 0 spiro atoms. The first-order valence-corrected chi connectivity index (χ1v) is 9.46. The summed E-state index contributed by atoms with van der Waals surface area (Å²) in [5, 5.41) is 3.46. The minimum atomic E-state index is -4.61. The van der Waals surface area contributed by atoms with Gasteiger partial charge in [0.15, 0.2) is 5.69 Å². The van der Waals surface area contributed by atoms with Crippen molar-refractivity contribution in [3.8, 4) is 0 Å². The van der Waals surface area contributed by atoms with Crippen molar-refractivity contribution >= 4 is 26.0 Å². The van der Waals surface area contributed by atoms with Crippen molar-refractivity contribution in [1.82, 2.24) is 14.5 Å². The van der Waals surface area contributed by atoms with E-state index >= 15 is 0 Å². The molecule has 0 aliphatic carbocycles. The number of hydrogen-bond acceptors (Lipinski definition) is 3. The summed E-state index contributed by atoms with van der Waals surface area (Å²) in [6.07, 6.45) is -4.51. The SMILES string of the molecule is Cc1c(Br)c(C(F)(F)F)nn1CCCNS(=O)(=O)c1ccc(F)cc1F. The second-order valence-electron chi connectivity index (χ2n) is 5.29. The van der Waals surface area contributed by atoms with Crippen molar-refractivity contribution in [2.75, 3.05) is 6.54 Å². The Balaban J connectivity index is 2.01. The van der Waals surface area contributed by atoms with E-state index in [9.17, 15) is 30.4 Å². The largest absolute Gasteiger partial charge is 0.436 e. The van der Waals surface area contributed by atoms with E-state index in [1.54, 1.807) is 0 Å². The van der Waals surface area contributed by atoms with E-state index in [4.69, 9.17) is 0 Å². The zero-order valence-corrected chi connectivity index (χ0v) is 15.6. The van der Waals surface area contributed by atoms with E-state index in [0.29, 0.717) is 6.07 Å². The Morgan fingerprint density at radius 2 is 1.92 bits per heavy atom. The molecular weight excluding hydrogens is 449 g/mol. The molecule has 0 radical (unpaired) electrons. The van der Waals surface area contributed by atoms with Gasteiger partial charge in [-0.1, -0.05) is 0 Å². The summed E-state index contributed by atoms with van der Waals surface area (Å²) in [5.74, 6) is -2.15. The Hall–Kier alpha value is -1.53. The minimum Gasteiger partial charge on any atom is -0.268 e. The number of halogens is 6. The third-order valence-electron chi connectivity index (χ3n) is 3.42. The van der Waals surface area contributed by atoms with E-state index in [0.717, 1.165) is 16.8 Å². The summed E-state index contributed by atoms with van der Waals surface area (Å²) in [6, 6.07) is 2.04. The molecule has 1 N–H and O–H groups in total. The maximum atomic E-state index is 13.5. The molecule has 0 atom stereocenters. The molecule has 1 heterocycles. The minimum absolute atomic E-state index is 0.00886. The van der Waals surface area contributed by atoms with Gasteiger partial charge in [-0.15, -0.1) is 0 Å². The van der Waals surface area contributed by atoms with Crippen LogP contribution >= 0.6 is 15.9 Å². The molecule has 0 unspecified atom stereocenters. The Kier molecular flexibility index (Phi) is 6.08. The van der Waals surface area contributed by atoms with E-state index in [2.05, 4.69) is 25.8 Å².